The minimum absolute atomic E-state index is 0.0676. The summed E-state index contributed by atoms with van der Waals surface area (Å²) in [4.78, 5) is 13.8. The molecule has 0 spiro atoms. The summed E-state index contributed by atoms with van der Waals surface area (Å²) >= 11 is 0. The fraction of sp³-hybridized carbons (Fsp3) is 0.208. The van der Waals surface area contributed by atoms with E-state index in [0.29, 0.717) is 0 Å². The predicted molar refractivity (Wildman–Crippen MR) is 103 cm³/mol. The van der Waals surface area contributed by atoms with Gasteiger partial charge in [0, 0.05) is 12.0 Å². The predicted octanol–water partition coefficient (Wildman–Crippen LogP) is 4.35. The summed E-state index contributed by atoms with van der Waals surface area (Å²) < 4.78 is 0. The molecule has 3 aliphatic carbocycles. The summed E-state index contributed by atoms with van der Waals surface area (Å²) in [6.07, 6.45) is 0. The van der Waals surface area contributed by atoms with E-state index in [1.807, 2.05) is 13.8 Å². The number of hydrogen-bond donors (Lipinski definition) is 1. The monoisotopic (exact) mass is 339 g/mol. The number of nitrogens with one attached hydrogen (secondary N) is 1. The van der Waals surface area contributed by atoms with Crippen LogP contribution in [0.3, 0.4) is 0 Å². The van der Waals surface area contributed by atoms with E-state index in [2.05, 4.69) is 78.1 Å². The zero-order valence-corrected chi connectivity index (χ0v) is 15.0. The molecule has 1 amide bonds. The van der Waals surface area contributed by atoms with E-state index in [9.17, 15) is 4.79 Å². The van der Waals surface area contributed by atoms with Crippen molar-refractivity contribution in [1.82, 2.24) is 5.32 Å². The average molecular weight is 339 g/mol. The van der Waals surface area contributed by atoms with E-state index in [1.165, 1.54) is 16.7 Å². The molecule has 26 heavy (non-hydrogen) atoms. The zero-order valence-electron chi connectivity index (χ0n) is 15.0. The fourth-order valence-electron chi connectivity index (χ4n) is 4.95. The summed E-state index contributed by atoms with van der Waals surface area (Å²) in [6.45, 7) is 4.04. The van der Waals surface area contributed by atoms with Gasteiger partial charge in [-0.1, -0.05) is 72.8 Å². The number of carbonyl (C=O) groups excluding carboxylic acids is 1. The molecule has 2 bridgehead atoms. The lowest BCUT2D eigenvalue weighted by Crippen LogP contribution is -2.53. The zero-order chi connectivity index (χ0) is 17.9. The van der Waals surface area contributed by atoms with Crippen LogP contribution >= 0.6 is 0 Å². The van der Waals surface area contributed by atoms with E-state index >= 15 is 0 Å². The van der Waals surface area contributed by atoms with E-state index in [1.54, 1.807) is 0 Å². The molecule has 6 rings (SSSR count). The van der Waals surface area contributed by atoms with Gasteiger partial charge < -0.3 is 5.32 Å². The maximum absolute atomic E-state index is 13.8. The van der Waals surface area contributed by atoms with Crippen LogP contribution in [0.2, 0.25) is 0 Å². The van der Waals surface area contributed by atoms with Crippen LogP contribution in [0.4, 0.5) is 0 Å². The number of carbonyl (C=O) groups is 1. The second-order valence-corrected chi connectivity index (χ2v) is 7.57. The highest BCUT2D eigenvalue weighted by molar-refractivity contribution is 6.00. The molecule has 0 saturated heterocycles. The Morgan fingerprint density at radius 2 is 1.15 bits per heavy atom. The van der Waals surface area contributed by atoms with Crippen LogP contribution in [-0.2, 0) is 10.2 Å². The largest absolute Gasteiger partial charge is 0.353 e. The summed E-state index contributed by atoms with van der Waals surface area (Å²) in [7, 11) is 0. The van der Waals surface area contributed by atoms with Crippen molar-refractivity contribution in [2.24, 2.45) is 0 Å². The number of hydrogen-bond acceptors (Lipinski definition) is 1. The van der Waals surface area contributed by atoms with Crippen LogP contribution in [0.5, 0.6) is 0 Å². The topological polar surface area (TPSA) is 29.1 Å². The first kappa shape index (κ1) is 15.4. The van der Waals surface area contributed by atoms with Crippen molar-refractivity contribution in [1.29, 1.82) is 0 Å². The van der Waals surface area contributed by atoms with Crippen LogP contribution in [0.25, 0.3) is 0 Å². The van der Waals surface area contributed by atoms with Crippen molar-refractivity contribution >= 4 is 5.91 Å². The van der Waals surface area contributed by atoms with Crippen molar-refractivity contribution in [3.05, 3.63) is 106 Å². The molecule has 0 heterocycles. The van der Waals surface area contributed by atoms with Crippen molar-refractivity contribution in [3.8, 4) is 0 Å². The first-order chi connectivity index (χ1) is 12.7. The van der Waals surface area contributed by atoms with Crippen molar-refractivity contribution in [3.63, 3.8) is 0 Å². The van der Waals surface area contributed by atoms with Gasteiger partial charge in [0.1, 0.15) is 5.41 Å². The Morgan fingerprint density at radius 3 is 1.54 bits per heavy atom. The summed E-state index contributed by atoms with van der Waals surface area (Å²) in [5.41, 5.74) is 6.36. The summed E-state index contributed by atoms with van der Waals surface area (Å²) in [6, 6.07) is 25.4. The van der Waals surface area contributed by atoms with Gasteiger partial charge >= 0.3 is 0 Å². The van der Waals surface area contributed by atoms with Crippen LogP contribution in [0.15, 0.2) is 72.8 Å². The van der Waals surface area contributed by atoms with Gasteiger partial charge in [-0.3, -0.25) is 4.79 Å². The van der Waals surface area contributed by atoms with Crippen LogP contribution < -0.4 is 5.32 Å². The molecule has 0 aliphatic heterocycles. The van der Waals surface area contributed by atoms with E-state index < -0.39 is 5.41 Å². The van der Waals surface area contributed by atoms with Gasteiger partial charge in [0.2, 0.25) is 5.91 Å². The molecule has 0 saturated carbocycles. The Bertz CT molecular complexity index is 918. The lowest BCUT2D eigenvalue weighted by molar-refractivity contribution is -0.124. The van der Waals surface area contributed by atoms with Crippen molar-refractivity contribution in [2.75, 3.05) is 0 Å². The van der Waals surface area contributed by atoms with Crippen molar-refractivity contribution in [2.45, 2.75) is 31.2 Å². The molecule has 2 heteroatoms. The quantitative estimate of drug-likeness (QED) is 0.739. The highest BCUT2D eigenvalue weighted by atomic mass is 16.2. The number of amides is 1. The molecular formula is C24H21NO. The van der Waals surface area contributed by atoms with Crippen LogP contribution in [-0.4, -0.2) is 11.9 Å². The van der Waals surface area contributed by atoms with Gasteiger partial charge in [0.15, 0.2) is 0 Å². The second kappa shape index (κ2) is 5.31. The fourth-order valence-corrected chi connectivity index (χ4v) is 4.95. The highest BCUT2D eigenvalue weighted by Crippen LogP contribution is 2.58. The van der Waals surface area contributed by atoms with Gasteiger partial charge in [-0.25, -0.2) is 0 Å². The van der Waals surface area contributed by atoms with Crippen molar-refractivity contribution < 1.29 is 4.79 Å². The molecule has 0 unspecified atom stereocenters. The molecule has 0 aromatic heterocycles. The van der Waals surface area contributed by atoms with Gasteiger partial charge in [-0.15, -0.1) is 0 Å². The van der Waals surface area contributed by atoms with E-state index in [4.69, 9.17) is 0 Å². The molecule has 3 aromatic rings. The normalized spacial score (nSPS) is 21.7. The number of benzene rings is 3. The van der Waals surface area contributed by atoms with Gasteiger partial charge in [0.05, 0.1) is 0 Å². The average Bonchev–Trinajstić information content (AvgIpc) is 2.67. The Hall–Kier alpha value is -2.87. The smallest absolute Gasteiger partial charge is 0.239 e. The minimum Gasteiger partial charge on any atom is -0.353 e. The van der Waals surface area contributed by atoms with Gasteiger partial charge in [-0.2, -0.15) is 0 Å². The molecule has 0 radical (unpaired) electrons. The minimum atomic E-state index is -0.775. The maximum atomic E-state index is 13.8. The molecule has 2 nitrogen and oxygen atoms in total. The summed E-state index contributed by atoms with van der Waals surface area (Å²) in [5.74, 6) is 0.269. The van der Waals surface area contributed by atoms with E-state index in [-0.39, 0.29) is 17.9 Å². The Morgan fingerprint density at radius 1 is 0.769 bits per heavy atom. The first-order valence-corrected chi connectivity index (χ1v) is 9.25. The molecule has 1 N–H and O–H groups in total. The molecule has 0 atom stereocenters. The maximum Gasteiger partial charge on any atom is 0.239 e. The molecule has 3 aromatic carbocycles. The highest BCUT2D eigenvalue weighted by Gasteiger charge is 2.55. The molecule has 128 valence electrons. The third-order valence-corrected chi connectivity index (χ3v) is 5.79. The lowest BCUT2D eigenvalue weighted by Gasteiger charge is -2.49. The molecule has 0 fully saturated rings. The first-order valence-electron chi connectivity index (χ1n) is 9.25. The SMILES string of the molecule is CC(C)NC(=O)C12c3ccccc3C(c3ccccc31)c1ccccc12. The van der Waals surface area contributed by atoms with Crippen LogP contribution in [0, 0.1) is 0 Å². The number of rotatable bonds is 2. The third kappa shape index (κ3) is 1.74. The lowest BCUT2D eigenvalue weighted by atomic mass is 9.52. The Balaban J connectivity index is 1.94. The van der Waals surface area contributed by atoms with Crippen LogP contribution in [0.1, 0.15) is 53.1 Å². The third-order valence-electron chi connectivity index (χ3n) is 5.79. The molecule has 3 aliphatic rings. The summed E-state index contributed by atoms with van der Waals surface area (Å²) in [5, 5.41) is 3.21. The van der Waals surface area contributed by atoms with Gasteiger partial charge in [0.25, 0.3) is 0 Å². The Kier molecular flexibility index (Phi) is 3.14. The molecular weight excluding hydrogens is 318 g/mol. The second-order valence-electron chi connectivity index (χ2n) is 7.57. The standard InChI is InChI=1S/C24H21NO/c1-15(2)25-23(26)24-19-12-6-3-9-16(19)22(17-10-4-7-13-20(17)24)18-11-5-8-14-21(18)24/h3-15,22H,1-2H3,(H,25,26). The van der Waals surface area contributed by atoms with Gasteiger partial charge in [-0.05, 0) is 47.2 Å². The Labute approximate surface area is 153 Å². The van der Waals surface area contributed by atoms with E-state index in [0.717, 1.165) is 16.7 Å².